The van der Waals surface area contributed by atoms with E-state index in [0.717, 1.165) is 19.3 Å². The van der Waals surface area contributed by atoms with Crippen LogP contribution >= 0.6 is 0 Å². The van der Waals surface area contributed by atoms with Crippen molar-refractivity contribution in [3.8, 4) is 6.07 Å². The predicted molar refractivity (Wildman–Crippen MR) is 51.6 cm³/mol. The summed E-state index contributed by atoms with van der Waals surface area (Å²) in [4.78, 5) is 0. The predicted octanol–water partition coefficient (Wildman–Crippen LogP) is 3.39. The molecule has 1 aromatic rings. The summed E-state index contributed by atoms with van der Waals surface area (Å²) in [6.07, 6.45) is 2.90. The zero-order valence-electron chi connectivity index (χ0n) is 7.53. The molecule has 64 valence electrons. The van der Waals surface area contributed by atoms with Crippen LogP contribution in [0.15, 0.2) is 36.4 Å². The maximum Gasteiger partial charge on any atom is 0.0621 e. The molecule has 0 aliphatic heterocycles. The molecule has 0 saturated heterocycles. The first-order valence-corrected chi connectivity index (χ1v) is 4.28. The Morgan fingerprint density at radius 2 is 1.42 bits per heavy atom. The lowest BCUT2D eigenvalue weighted by atomic mass is 10.3. The van der Waals surface area contributed by atoms with E-state index in [1.165, 1.54) is 0 Å². The molecule has 0 amide bonds. The summed E-state index contributed by atoms with van der Waals surface area (Å²) < 4.78 is 0. The molecular weight excluding hydrogens is 146 g/mol. The number of nitrogens with zero attached hydrogens (tertiary/aromatic N) is 1. The first kappa shape index (κ1) is 10.7. The van der Waals surface area contributed by atoms with Gasteiger partial charge in [-0.15, -0.1) is 0 Å². The van der Waals surface area contributed by atoms with Crippen molar-refractivity contribution in [2.45, 2.75) is 26.2 Å². The number of hydrogen-bond acceptors (Lipinski definition) is 1. The van der Waals surface area contributed by atoms with Crippen molar-refractivity contribution in [2.75, 3.05) is 0 Å². The topological polar surface area (TPSA) is 23.8 Å². The van der Waals surface area contributed by atoms with Gasteiger partial charge in [0.25, 0.3) is 0 Å². The zero-order chi connectivity index (χ0) is 9.07. The van der Waals surface area contributed by atoms with E-state index in [-0.39, 0.29) is 0 Å². The number of hydrogen-bond donors (Lipinski definition) is 0. The monoisotopic (exact) mass is 161 g/mol. The van der Waals surface area contributed by atoms with E-state index >= 15 is 0 Å². The van der Waals surface area contributed by atoms with E-state index in [4.69, 9.17) is 5.26 Å². The van der Waals surface area contributed by atoms with Crippen molar-refractivity contribution in [2.24, 2.45) is 0 Å². The van der Waals surface area contributed by atoms with Gasteiger partial charge in [-0.3, -0.25) is 0 Å². The summed E-state index contributed by atoms with van der Waals surface area (Å²) in [5.41, 5.74) is 0. The van der Waals surface area contributed by atoms with Crippen LogP contribution in [-0.2, 0) is 0 Å². The Bertz CT molecular complexity index is 171. The Labute approximate surface area is 74.7 Å². The highest BCUT2D eigenvalue weighted by atomic mass is 14.2. The highest BCUT2D eigenvalue weighted by molar-refractivity contribution is 4.99. The molecule has 0 saturated carbocycles. The molecule has 0 aliphatic rings. The molecule has 0 N–H and O–H groups in total. The van der Waals surface area contributed by atoms with Gasteiger partial charge in [0.1, 0.15) is 0 Å². The van der Waals surface area contributed by atoms with Crippen molar-refractivity contribution in [3.05, 3.63) is 36.4 Å². The Balaban J connectivity index is 0.000000202. The molecule has 12 heavy (non-hydrogen) atoms. The first-order chi connectivity index (χ1) is 5.91. The second-order valence-electron chi connectivity index (χ2n) is 2.42. The highest BCUT2D eigenvalue weighted by Gasteiger charge is 1.74. The molecule has 0 spiro atoms. The Morgan fingerprint density at radius 3 is 1.58 bits per heavy atom. The molecule has 0 aliphatic carbocycles. The standard InChI is InChI=1S/C6H6.C5H9N/c1-2-4-6-5-3-1;1-2-3-4-5-6/h1-6H;2-4H2,1H3. The normalized spacial score (nSPS) is 7.67. The fraction of sp³-hybridized carbons (Fsp3) is 0.364. The minimum atomic E-state index is 0.719. The largest absolute Gasteiger partial charge is 0.198 e. The van der Waals surface area contributed by atoms with Crippen LogP contribution in [0.1, 0.15) is 26.2 Å². The summed E-state index contributed by atoms with van der Waals surface area (Å²) in [6, 6.07) is 14.1. The van der Waals surface area contributed by atoms with Crippen molar-refractivity contribution in [1.29, 1.82) is 5.26 Å². The fourth-order valence-electron chi connectivity index (χ4n) is 0.641. The second kappa shape index (κ2) is 9.71. The number of unbranched alkanes of at least 4 members (excludes halogenated alkanes) is 2. The van der Waals surface area contributed by atoms with Gasteiger partial charge in [-0.25, -0.2) is 0 Å². The minimum Gasteiger partial charge on any atom is -0.198 e. The van der Waals surface area contributed by atoms with Crippen molar-refractivity contribution < 1.29 is 0 Å². The highest BCUT2D eigenvalue weighted by Crippen LogP contribution is 1.88. The SMILES string of the molecule is CCCCC#N.c1ccccc1. The molecule has 0 heterocycles. The molecule has 0 unspecified atom stereocenters. The maximum atomic E-state index is 7.95. The average Bonchev–Trinajstić information content (AvgIpc) is 2.18. The maximum absolute atomic E-state index is 7.95. The molecule has 1 nitrogen and oxygen atoms in total. The van der Waals surface area contributed by atoms with E-state index in [2.05, 4.69) is 13.0 Å². The van der Waals surface area contributed by atoms with Gasteiger partial charge in [0.2, 0.25) is 0 Å². The lowest BCUT2D eigenvalue weighted by molar-refractivity contribution is 0.822. The van der Waals surface area contributed by atoms with Crippen LogP contribution < -0.4 is 0 Å². The van der Waals surface area contributed by atoms with Crippen LogP contribution in [0, 0.1) is 11.3 Å². The summed E-state index contributed by atoms with van der Waals surface area (Å²) in [5.74, 6) is 0. The third-order valence-electron chi connectivity index (χ3n) is 1.31. The Kier molecular flexibility index (Phi) is 8.67. The quantitative estimate of drug-likeness (QED) is 0.610. The van der Waals surface area contributed by atoms with E-state index in [1.807, 2.05) is 36.4 Å². The van der Waals surface area contributed by atoms with Gasteiger partial charge in [0, 0.05) is 6.42 Å². The second-order valence-corrected chi connectivity index (χ2v) is 2.42. The van der Waals surface area contributed by atoms with Gasteiger partial charge in [-0.05, 0) is 6.42 Å². The van der Waals surface area contributed by atoms with Crippen LogP contribution in [0.25, 0.3) is 0 Å². The number of rotatable bonds is 2. The van der Waals surface area contributed by atoms with E-state index < -0.39 is 0 Å². The molecule has 1 aromatic carbocycles. The van der Waals surface area contributed by atoms with Crippen LogP contribution in [0.2, 0.25) is 0 Å². The van der Waals surface area contributed by atoms with E-state index in [1.54, 1.807) is 0 Å². The smallest absolute Gasteiger partial charge is 0.0621 e. The fourth-order valence-corrected chi connectivity index (χ4v) is 0.641. The van der Waals surface area contributed by atoms with Crippen LogP contribution in [0.4, 0.5) is 0 Å². The van der Waals surface area contributed by atoms with Crippen molar-refractivity contribution >= 4 is 0 Å². The van der Waals surface area contributed by atoms with Gasteiger partial charge in [0.05, 0.1) is 6.07 Å². The van der Waals surface area contributed by atoms with Crippen molar-refractivity contribution in [1.82, 2.24) is 0 Å². The Hall–Kier alpha value is -1.29. The van der Waals surface area contributed by atoms with Gasteiger partial charge in [-0.2, -0.15) is 5.26 Å². The molecule has 0 atom stereocenters. The number of nitriles is 1. The molecule has 0 aromatic heterocycles. The van der Waals surface area contributed by atoms with Crippen LogP contribution in [-0.4, -0.2) is 0 Å². The van der Waals surface area contributed by atoms with Crippen LogP contribution in [0.5, 0.6) is 0 Å². The lowest BCUT2D eigenvalue weighted by Gasteiger charge is -1.77. The summed E-state index contributed by atoms with van der Waals surface area (Å²) in [6.45, 7) is 2.08. The van der Waals surface area contributed by atoms with Gasteiger partial charge < -0.3 is 0 Å². The van der Waals surface area contributed by atoms with E-state index in [9.17, 15) is 0 Å². The van der Waals surface area contributed by atoms with Gasteiger partial charge >= 0.3 is 0 Å². The van der Waals surface area contributed by atoms with E-state index in [0.29, 0.717) is 0 Å². The summed E-state index contributed by atoms with van der Waals surface area (Å²) in [5, 5.41) is 7.95. The molecule has 0 bridgehead atoms. The third-order valence-corrected chi connectivity index (χ3v) is 1.31. The van der Waals surface area contributed by atoms with Crippen molar-refractivity contribution in [3.63, 3.8) is 0 Å². The Morgan fingerprint density at radius 1 is 1.00 bits per heavy atom. The van der Waals surface area contributed by atoms with Crippen LogP contribution in [0.3, 0.4) is 0 Å². The summed E-state index contributed by atoms with van der Waals surface area (Å²) >= 11 is 0. The molecule has 0 radical (unpaired) electrons. The molecular formula is C11H15N. The zero-order valence-corrected chi connectivity index (χ0v) is 7.53. The average molecular weight is 161 g/mol. The van der Waals surface area contributed by atoms with Gasteiger partial charge in [-0.1, -0.05) is 49.7 Å². The molecule has 1 heteroatoms. The number of benzene rings is 1. The summed E-state index contributed by atoms with van der Waals surface area (Å²) in [7, 11) is 0. The molecule has 0 fully saturated rings. The lowest BCUT2D eigenvalue weighted by Crippen LogP contribution is -1.62. The third kappa shape index (κ3) is 8.71. The minimum absolute atomic E-state index is 0.719. The first-order valence-electron chi connectivity index (χ1n) is 4.28. The molecule has 1 rings (SSSR count). The van der Waals surface area contributed by atoms with Gasteiger partial charge in [0.15, 0.2) is 0 Å².